The van der Waals surface area contributed by atoms with Crippen LogP contribution in [-0.2, 0) is 16.0 Å². The summed E-state index contributed by atoms with van der Waals surface area (Å²) >= 11 is 2.93. The number of carbonyl (C=O) groups excluding carboxylic acids is 2. The summed E-state index contributed by atoms with van der Waals surface area (Å²) in [6.07, 6.45) is 0.665. The van der Waals surface area contributed by atoms with Crippen LogP contribution in [0, 0.1) is 6.92 Å². The van der Waals surface area contributed by atoms with Crippen LogP contribution in [-0.4, -0.2) is 27.1 Å². The molecule has 1 N–H and O–H groups in total. The van der Waals surface area contributed by atoms with Crippen molar-refractivity contribution >= 4 is 56.4 Å². The maximum absolute atomic E-state index is 12.4. The highest BCUT2D eigenvalue weighted by atomic mass is 32.2. The number of benzene rings is 2. The van der Waals surface area contributed by atoms with Crippen molar-refractivity contribution in [3.8, 4) is 0 Å². The molecule has 1 aliphatic rings. The summed E-state index contributed by atoms with van der Waals surface area (Å²) in [4.78, 5) is 33.0. The fourth-order valence-corrected chi connectivity index (χ4v) is 4.85. The van der Waals surface area contributed by atoms with Crippen molar-refractivity contribution in [3.63, 3.8) is 0 Å². The molecule has 7 heteroatoms. The van der Waals surface area contributed by atoms with Crippen LogP contribution in [0.4, 0.5) is 5.69 Å². The fraction of sp³-hybridized carbons (Fsp3) is 0.200. The second kappa shape index (κ2) is 7.62. The smallest absolute Gasteiger partial charge is 0.260 e. The molecule has 1 unspecified atom stereocenters. The third-order valence-corrected chi connectivity index (χ3v) is 6.29. The number of aromatic nitrogens is 1. The first-order valence-corrected chi connectivity index (χ1v) is 10.3. The topological polar surface area (TPSA) is 71.4 Å². The van der Waals surface area contributed by atoms with Crippen LogP contribution in [0.15, 0.2) is 52.8 Å². The maximum atomic E-state index is 12.4. The number of thioether (sulfide) groups is 1. The van der Waals surface area contributed by atoms with Crippen molar-refractivity contribution in [1.82, 2.24) is 4.98 Å². The number of amides is 2. The summed E-state index contributed by atoms with van der Waals surface area (Å²) in [5.41, 5.74) is 1.70. The fourth-order valence-electron chi connectivity index (χ4n) is 2.91. The van der Waals surface area contributed by atoms with Gasteiger partial charge in [-0.25, -0.2) is 9.98 Å². The lowest BCUT2D eigenvalue weighted by Crippen LogP contribution is -2.21. The van der Waals surface area contributed by atoms with E-state index in [1.165, 1.54) is 11.8 Å². The molecule has 0 radical (unpaired) electrons. The van der Waals surface area contributed by atoms with Crippen molar-refractivity contribution in [2.75, 3.05) is 5.32 Å². The van der Waals surface area contributed by atoms with Crippen LogP contribution < -0.4 is 5.32 Å². The van der Waals surface area contributed by atoms with Crippen molar-refractivity contribution in [2.45, 2.75) is 25.0 Å². The number of hydrogen-bond donors (Lipinski definition) is 1. The highest BCUT2D eigenvalue weighted by molar-refractivity contribution is 8.15. The summed E-state index contributed by atoms with van der Waals surface area (Å²) in [5.74, 6) is -0.422. The Morgan fingerprint density at radius 2 is 2.00 bits per heavy atom. The molecule has 5 nitrogen and oxygen atoms in total. The second-order valence-electron chi connectivity index (χ2n) is 6.32. The summed E-state index contributed by atoms with van der Waals surface area (Å²) < 4.78 is 0. The molecule has 1 atom stereocenters. The molecular formula is C20H17N3O2S2. The van der Waals surface area contributed by atoms with Gasteiger partial charge in [0, 0.05) is 29.6 Å². The molecule has 27 heavy (non-hydrogen) atoms. The van der Waals surface area contributed by atoms with Crippen LogP contribution >= 0.6 is 23.1 Å². The lowest BCUT2D eigenvalue weighted by atomic mass is 10.1. The van der Waals surface area contributed by atoms with E-state index in [4.69, 9.17) is 0 Å². The Hall–Kier alpha value is -2.51. The highest BCUT2D eigenvalue weighted by Gasteiger charge is 2.30. The van der Waals surface area contributed by atoms with Gasteiger partial charge in [-0.3, -0.25) is 9.59 Å². The van der Waals surface area contributed by atoms with Gasteiger partial charge in [-0.1, -0.05) is 42.1 Å². The van der Waals surface area contributed by atoms with Gasteiger partial charge in [0.25, 0.3) is 5.91 Å². The number of nitrogens with zero attached hydrogens (tertiary/aromatic N) is 2. The van der Waals surface area contributed by atoms with Gasteiger partial charge < -0.3 is 5.32 Å². The Morgan fingerprint density at radius 1 is 1.19 bits per heavy atom. The van der Waals surface area contributed by atoms with E-state index in [9.17, 15) is 9.59 Å². The van der Waals surface area contributed by atoms with E-state index in [1.807, 2.05) is 54.8 Å². The molecule has 3 aromatic rings. The van der Waals surface area contributed by atoms with Crippen LogP contribution in [0.1, 0.15) is 17.1 Å². The predicted octanol–water partition coefficient (Wildman–Crippen LogP) is 4.22. The number of carbonyl (C=O) groups is 2. The molecule has 0 fully saturated rings. The van der Waals surface area contributed by atoms with Crippen LogP contribution in [0.3, 0.4) is 0 Å². The lowest BCUT2D eigenvalue weighted by molar-refractivity contribution is -0.121. The first-order valence-electron chi connectivity index (χ1n) is 8.54. The first kappa shape index (κ1) is 17.9. The Morgan fingerprint density at radius 3 is 2.78 bits per heavy atom. The number of anilines is 1. The minimum Gasteiger partial charge on any atom is -0.326 e. The minimum atomic E-state index is -0.457. The quantitative estimate of drug-likeness (QED) is 0.702. The molecule has 2 heterocycles. The molecule has 136 valence electrons. The average Bonchev–Trinajstić information content (AvgIpc) is 3.20. The monoisotopic (exact) mass is 395 g/mol. The van der Waals surface area contributed by atoms with Gasteiger partial charge in [-0.15, -0.1) is 11.3 Å². The Bertz CT molecular complexity index is 1060. The average molecular weight is 396 g/mol. The number of thiazole rings is 1. The van der Waals surface area contributed by atoms with Crippen molar-refractivity contribution in [2.24, 2.45) is 4.99 Å². The number of rotatable bonds is 5. The Kier molecular flexibility index (Phi) is 5.05. The van der Waals surface area contributed by atoms with Crippen molar-refractivity contribution < 1.29 is 9.59 Å². The third kappa shape index (κ3) is 4.26. The second-order valence-corrected chi connectivity index (χ2v) is 8.54. The summed E-state index contributed by atoms with van der Waals surface area (Å²) in [6.45, 7) is 1.94. The minimum absolute atomic E-state index is 0.111. The van der Waals surface area contributed by atoms with E-state index in [0.29, 0.717) is 6.42 Å². The molecule has 2 amide bonds. The summed E-state index contributed by atoms with van der Waals surface area (Å²) in [6, 6.07) is 13.7. The lowest BCUT2D eigenvalue weighted by Gasteiger charge is -2.09. The van der Waals surface area contributed by atoms with E-state index in [2.05, 4.69) is 15.3 Å². The van der Waals surface area contributed by atoms with Gasteiger partial charge in [-0.2, -0.15) is 0 Å². The first-order chi connectivity index (χ1) is 13.1. The number of hydrogen-bond acceptors (Lipinski definition) is 5. The standard InChI is InChI=1S/C20H17N3O2S2/c1-12-11-26-18(21-12)10-19-23-20(25)16(27-19)9-17(24)22-15-7-6-13-4-2-3-5-14(13)8-15/h2-8,11,16H,9-10H2,1H3,(H,22,24). The van der Waals surface area contributed by atoms with Crippen LogP contribution in [0.25, 0.3) is 10.8 Å². The van der Waals surface area contributed by atoms with E-state index < -0.39 is 5.25 Å². The van der Waals surface area contributed by atoms with E-state index in [-0.39, 0.29) is 18.2 Å². The molecule has 1 aromatic heterocycles. The molecule has 0 bridgehead atoms. The molecule has 4 rings (SSSR count). The predicted molar refractivity (Wildman–Crippen MR) is 112 cm³/mol. The van der Waals surface area contributed by atoms with Gasteiger partial charge in [0.05, 0.1) is 10.1 Å². The van der Waals surface area contributed by atoms with Crippen molar-refractivity contribution in [1.29, 1.82) is 0 Å². The van der Waals surface area contributed by atoms with Gasteiger partial charge in [0.1, 0.15) is 5.25 Å². The van der Waals surface area contributed by atoms with Crippen LogP contribution in [0.5, 0.6) is 0 Å². The number of fused-ring (bicyclic) bond motifs is 1. The van der Waals surface area contributed by atoms with E-state index in [1.54, 1.807) is 11.3 Å². The molecule has 0 saturated heterocycles. The molecule has 2 aromatic carbocycles. The van der Waals surface area contributed by atoms with Gasteiger partial charge in [0.15, 0.2) is 0 Å². The Balaban J connectivity index is 1.36. The van der Waals surface area contributed by atoms with Crippen LogP contribution in [0.2, 0.25) is 0 Å². The highest BCUT2D eigenvalue weighted by Crippen LogP contribution is 2.28. The zero-order chi connectivity index (χ0) is 18.8. The van der Waals surface area contributed by atoms with Gasteiger partial charge in [0.2, 0.25) is 5.91 Å². The largest absolute Gasteiger partial charge is 0.326 e. The molecular weight excluding hydrogens is 378 g/mol. The molecule has 0 aliphatic carbocycles. The number of aryl methyl sites for hydroxylation is 1. The number of nitrogens with one attached hydrogen (secondary N) is 1. The maximum Gasteiger partial charge on any atom is 0.260 e. The summed E-state index contributed by atoms with van der Waals surface area (Å²) in [5, 5.41) is 8.26. The zero-order valence-corrected chi connectivity index (χ0v) is 16.3. The van der Waals surface area contributed by atoms with Gasteiger partial charge >= 0.3 is 0 Å². The number of aliphatic imine (C=N–C) groups is 1. The molecule has 1 aliphatic heterocycles. The normalized spacial score (nSPS) is 16.6. The zero-order valence-electron chi connectivity index (χ0n) is 14.6. The Labute approximate surface area is 164 Å². The molecule has 0 saturated carbocycles. The van der Waals surface area contributed by atoms with E-state index in [0.717, 1.165) is 32.2 Å². The van der Waals surface area contributed by atoms with Gasteiger partial charge in [-0.05, 0) is 29.8 Å². The SMILES string of the molecule is Cc1csc(CC2=NC(=O)C(CC(=O)Nc3ccc4ccccc4c3)S2)n1. The van der Waals surface area contributed by atoms with Crippen molar-refractivity contribution in [3.05, 3.63) is 58.5 Å². The summed E-state index contributed by atoms with van der Waals surface area (Å²) in [7, 11) is 0. The third-order valence-electron chi connectivity index (χ3n) is 4.16. The molecule has 0 spiro atoms. The van der Waals surface area contributed by atoms with E-state index >= 15 is 0 Å².